The number of rotatable bonds is 2. The Morgan fingerprint density at radius 1 is 1.19 bits per heavy atom. The first-order chi connectivity index (χ1) is 12.3. The van der Waals surface area contributed by atoms with Crippen molar-refractivity contribution in [2.24, 2.45) is 7.05 Å². The zero-order valence-corrected chi connectivity index (χ0v) is 15.6. The van der Waals surface area contributed by atoms with Gasteiger partial charge in [-0.2, -0.15) is 18.3 Å². The number of carbonyl (C=O) groups is 1. The Labute approximate surface area is 156 Å². The average Bonchev–Trinajstić information content (AvgIpc) is 2.87. The van der Waals surface area contributed by atoms with Crippen LogP contribution in [0.15, 0.2) is 29.1 Å². The summed E-state index contributed by atoms with van der Waals surface area (Å²) in [5.74, 6) is 0.355. The molecule has 0 aliphatic carbocycles. The lowest BCUT2D eigenvalue weighted by Gasteiger charge is -2.24. The third-order valence-electron chi connectivity index (χ3n) is 4.18. The first-order valence-corrected chi connectivity index (χ1v) is 8.80. The van der Waals surface area contributed by atoms with Gasteiger partial charge in [-0.1, -0.05) is 0 Å². The summed E-state index contributed by atoms with van der Waals surface area (Å²) < 4.78 is 40.2. The number of aryl methyl sites for hydroxylation is 1. The highest BCUT2D eigenvalue weighted by Gasteiger charge is 2.32. The van der Waals surface area contributed by atoms with Crippen LogP contribution >= 0.6 is 15.9 Å². The fourth-order valence-corrected chi connectivity index (χ4v) is 3.46. The maximum atomic E-state index is 12.8. The van der Waals surface area contributed by atoms with E-state index < -0.39 is 11.7 Å². The molecule has 0 saturated carbocycles. The van der Waals surface area contributed by atoms with E-state index in [1.54, 1.807) is 22.8 Å². The molecule has 10 heteroatoms. The summed E-state index contributed by atoms with van der Waals surface area (Å²) in [6, 6.07) is 1.03. The molecule has 6 nitrogen and oxygen atoms in total. The van der Waals surface area contributed by atoms with E-state index in [9.17, 15) is 18.0 Å². The summed E-state index contributed by atoms with van der Waals surface area (Å²) in [7, 11) is 1.74. The maximum absolute atomic E-state index is 12.8. The Bertz CT molecular complexity index is 807. The summed E-state index contributed by atoms with van der Waals surface area (Å²) in [6.45, 7) is 2.13. The molecule has 140 valence electrons. The van der Waals surface area contributed by atoms with Gasteiger partial charge in [0.25, 0.3) is 5.91 Å². The van der Waals surface area contributed by atoms with Crippen LogP contribution in [0.3, 0.4) is 0 Å². The molecule has 0 N–H and O–H groups in total. The maximum Gasteiger partial charge on any atom is 0.417 e. The normalized spacial score (nSPS) is 15.9. The van der Waals surface area contributed by atoms with Gasteiger partial charge in [-0.3, -0.25) is 9.48 Å². The molecular weight excluding hydrogens is 415 g/mol. The molecule has 1 aliphatic heterocycles. The molecule has 0 radical (unpaired) electrons. The monoisotopic (exact) mass is 431 g/mol. The fourth-order valence-electron chi connectivity index (χ4n) is 2.87. The Kier molecular flexibility index (Phi) is 5.22. The molecule has 0 aromatic carbocycles. The van der Waals surface area contributed by atoms with E-state index in [2.05, 4.69) is 26.0 Å². The van der Waals surface area contributed by atoms with E-state index in [-0.39, 0.29) is 5.91 Å². The topological polar surface area (TPSA) is 54.3 Å². The van der Waals surface area contributed by atoms with Crippen LogP contribution in [0, 0.1) is 0 Å². The number of pyridine rings is 1. The molecule has 2 aromatic rings. The average molecular weight is 432 g/mol. The van der Waals surface area contributed by atoms with Crippen molar-refractivity contribution < 1.29 is 18.0 Å². The second kappa shape index (κ2) is 7.26. The number of alkyl halides is 3. The number of aromatic nitrogens is 3. The molecule has 3 rings (SSSR count). The Morgan fingerprint density at radius 3 is 2.58 bits per heavy atom. The molecule has 26 heavy (non-hydrogen) atoms. The van der Waals surface area contributed by atoms with Crippen molar-refractivity contribution in [1.29, 1.82) is 0 Å². The summed E-state index contributed by atoms with van der Waals surface area (Å²) in [5, 5.41) is 4.01. The van der Waals surface area contributed by atoms with Crippen LogP contribution < -0.4 is 4.90 Å². The lowest BCUT2D eigenvalue weighted by molar-refractivity contribution is -0.137. The lowest BCUT2D eigenvalue weighted by atomic mass is 10.2. The number of hydrogen-bond acceptors (Lipinski definition) is 4. The zero-order chi connectivity index (χ0) is 18.9. The first kappa shape index (κ1) is 18.7. The molecule has 0 atom stereocenters. The van der Waals surface area contributed by atoms with Gasteiger partial charge in [0.1, 0.15) is 5.82 Å². The van der Waals surface area contributed by atoms with Gasteiger partial charge in [-0.15, -0.1) is 0 Å². The number of carbonyl (C=O) groups excluding carboxylic acids is 1. The largest absolute Gasteiger partial charge is 0.417 e. The lowest BCUT2D eigenvalue weighted by Crippen LogP contribution is -2.35. The van der Waals surface area contributed by atoms with Gasteiger partial charge in [-0.05, 0) is 28.4 Å². The van der Waals surface area contributed by atoms with Crippen molar-refractivity contribution in [3.05, 3.63) is 40.3 Å². The quantitative estimate of drug-likeness (QED) is 0.733. The fraction of sp³-hybridized carbons (Fsp3) is 0.438. The van der Waals surface area contributed by atoms with Crippen LogP contribution in [0.25, 0.3) is 0 Å². The molecule has 1 fully saturated rings. The SMILES string of the molecule is Cn1cc(C(=O)N2CCCN(c3ncc(C(F)(F)F)cc3Br)CC2)cn1. The summed E-state index contributed by atoms with van der Waals surface area (Å²) >= 11 is 3.19. The third-order valence-corrected chi connectivity index (χ3v) is 4.77. The minimum atomic E-state index is -4.43. The highest BCUT2D eigenvalue weighted by atomic mass is 79.9. The van der Waals surface area contributed by atoms with Crippen LogP contribution in [-0.4, -0.2) is 51.8 Å². The van der Waals surface area contributed by atoms with E-state index in [1.807, 2.05) is 4.90 Å². The van der Waals surface area contributed by atoms with Crippen LogP contribution in [0.5, 0.6) is 0 Å². The zero-order valence-electron chi connectivity index (χ0n) is 14.0. The van der Waals surface area contributed by atoms with Crippen molar-refractivity contribution in [2.45, 2.75) is 12.6 Å². The van der Waals surface area contributed by atoms with Crippen molar-refractivity contribution in [1.82, 2.24) is 19.7 Å². The van der Waals surface area contributed by atoms with Crippen molar-refractivity contribution in [2.75, 3.05) is 31.1 Å². The smallest absolute Gasteiger partial charge is 0.354 e. The van der Waals surface area contributed by atoms with Gasteiger partial charge < -0.3 is 9.80 Å². The van der Waals surface area contributed by atoms with Gasteiger partial charge in [0, 0.05) is 45.6 Å². The molecule has 2 aromatic heterocycles. The van der Waals surface area contributed by atoms with E-state index in [0.717, 1.165) is 12.3 Å². The standard InChI is InChI=1S/C16H17BrF3N5O/c1-23-10-11(8-22-23)15(26)25-4-2-3-24(5-6-25)14-13(17)7-12(9-21-14)16(18,19)20/h7-10H,2-6H2,1H3. The molecule has 1 amide bonds. The number of anilines is 1. The molecular formula is C16H17BrF3N5O. The molecule has 0 bridgehead atoms. The third kappa shape index (κ3) is 4.00. The van der Waals surface area contributed by atoms with Gasteiger partial charge >= 0.3 is 6.18 Å². The molecule has 0 unspecified atom stereocenters. The molecule has 3 heterocycles. The van der Waals surface area contributed by atoms with Crippen molar-refractivity contribution >= 4 is 27.7 Å². The van der Waals surface area contributed by atoms with Gasteiger partial charge in [0.15, 0.2) is 0 Å². The predicted molar refractivity (Wildman–Crippen MR) is 92.9 cm³/mol. The number of amides is 1. The summed E-state index contributed by atoms with van der Waals surface area (Å²) in [5.41, 5.74) is -0.272. The second-order valence-corrected chi connectivity index (χ2v) is 6.92. The van der Waals surface area contributed by atoms with Gasteiger partial charge in [0.05, 0.1) is 21.8 Å². The molecule has 1 saturated heterocycles. The van der Waals surface area contributed by atoms with Gasteiger partial charge in [-0.25, -0.2) is 4.98 Å². The second-order valence-electron chi connectivity index (χ2n) is 6.06. The van der Waals surface area contributed by atoms with E-state index in [4.69, 9.17) is 0 Å². The molecule has 0 spiro atoms. The van der Waals surface area contributed by atoms with E-state index >= 15 is 0 Å². The van der Waals surface area contributed by atoms with E-state index in [1.165, 1.54) is 6.20 Å². The van der Waals surface area contributed by atoms with Crippen LogP contribution in [0.2, 0.25) is 0 Å². The van der Waals surface area contributed by atoms with Gasteiger partial charge in [0.2, 0.25) is 0 Å². The summed E-state index contributed by atoms with van der Waals surface area (Å²) in [6.07, 6.45) is 0.294. The van der Waals surface area contributed by atoms with Crippen LogP contribution in [0.1, 0.15) is 22.3 Å². The minimum absolute atomic E-state index is 0.0978. The number of halogens is 4. The Balaban J connectivity index is 1.72. The minimum Gasteiger partial charge on any atom is -0.354 e. The van der Waals surface area contributed by atoms with Crippen molar-refractivity contribution in [3.8, 4) is 0 Å². The van der Waals surface area contributed by atoms with E-state index in [0.29, 0.717) is 48.5 Å². The van der Waals surface area contributed by atoms with Crippen LogP contribution in [-0.2, 0) is 13.2 Å². The number of nitrogens with zero attached hydrogens (tertiary/aromatic N) is 5. The highest BCUT2D eigenvalue weighted by Crippen LogP contribution is 2.33. The molecule has 1 aliphatic rings. The summed E-state index contributed by atoms with van der Waals surface area (Å²) in [4.78, 5) is 20.1. The Morgan fingerprint density at radius 2 is 1.96 bits per heavy atom. The van der Waals surface area contributed by atoms with Crippen molar-refractivity contribution in [3.63, 3.8) is 0 Å². The Hall–Kier alpha value is -2.10. The highest BCUT2D eigenvalue weighted by molar-refractivity contribution is 9.10. The number of hydrogen-bond donors (Lipinski definition) is 0. The predicted octanol–water partition coefficient (Wildman–Crippen LogP) is 2.95. The first-order valence-electron chi connectivity index (χ1n) is 8.01. The van der Waals surface area contributed by atoms with Crippen LogP contribution in [0.4, 0.5) is 19.0 Å².